The molecule has 2 amide bonds. The fraction of sp³-hybridized carbons (Fsp3) is 0.111. The van der Waals surface area contributed by atoms with Gasteiger partial charge in [0.1, 0.15) is 12.1 Å². The van der Waals surface area contributed by atoms with Gasteiger partial charge >= 0.3 is 0 Å². The Hall–Kier alpha value is -3.55. The lowest BCUT2D eigenvalue weighted by Gasteiger charge is -2.08. The first-order valence-corrected chi connectivity index (χ1v) is 7.81. The van der Waals surface area contributed by atoms with Crippen LogP contribution in [0.4, 0.5) is 10.1 Å². The van der Waals surface area contributed by atoms with Crippen LogP contribution in [0.25, 0.3) is 11.4 Å². The van der Waals surface area contributed by atoms with Crippen molar-refractivity contribution in [2.45, 2.75) is 0 Å². The lowest BCUT2D eigenvalue weighted by Crippen LogP contribution is -2.32. The van der Waals surface area contributed by atoms with Crippen molar-refractivity contribution >= 4 is 17.5 Å². The van der Waals surface area contributed by atoms with E-state index < -0.39 is 11.7 Å². The Balaban J connectivity index is 1.59. The van der Waals surface area contributed by atoms with Gasteiger partial charge in [0.25, 0.3) is 5.91 Å². The lowest BCUT2D eigenvalue weighted by molar-refractivity contribution is -0.115. The average molecular weight is 353 g/mol. The van der Waals surface area contributed by atoms with E-state index in [1.165, 1.54) is 24.3 Å². The zero-order valence-electron chi connectivity index (χ0n) is 13.9. The van der Waals surface area contributed by atoms with Gasteiger partial charge in [-0.2, -0.15) is 0 Å². The Kier molecular flexibility index (Phi) is 5.02. The minimum absolute atomic E-state index is 0.204. The minimum atomic E-state index is -0.451. The normalized spacial score (nSPS) is 10.4. The standard InChI is InChI=1S/C18H16FN5O2/c1-24-11-21-23-17(24)13-3-2-4-15(9-13)22-16(25)10-20-18(26)12-5-7-14(19)8-6-12/h2-9,11H,10H2,1H3,(H,20,26)(H,22,25). The van der Waals surface area contributed by atoms with Crippen LogP contribution in [0.3, 0.4) is 0 Å². The third kappa shape index (κ3) is 4.10. The van der Waals surface area contributed by atoms with E-state index in [-0.39, 0.29) is 18.0 Å². The molecule has 0 saturated carbocycles. The van der Waals surface area contributed by atoms with E-state index >= 15 is 0 Å². The Morgan fingerprint density at radius 3 is 2.62 bits per heavy atom. The number of rotatable bonds is 5. The fourth-order valence-electron chi connectivity index (χ4n) is 2.35. The predicted molar refractivity (Wildman–Crippen MR) is 93.8 cm³/mol. The van der Waals surface area contributed by atoms with Gasteiger partial charge in [-0.25, -0.2) is 4.39 Å². The summed E-state index contributed by atoms with van der Waals surface area (Å²) in [5.74, 6) is -0.587. The number of benzene rings is 2. The van der Waals surface area contributed by atoms with Crippen molar-refractivity contribution in [2.75, 3.05) is 11.9 Å². The van der Waals surface area contributed by atoms with Crippen molar-refractivity contribution in [1.82, 2.24) is 20.1 Å². The van der Waals surface area contributed by atoms with Gasteiger partial charge in [0.2, 0.25) is 5.91 Å². The SMILES string of the molecule is Cn1cnnc1-c1cccc(NC(=O)CNC(=O)c2ccc(F)cc2)c1. The number of nitrogens with one attached hydrogen (secondary N) is 2. The molecule has 0 bridgehead atoms. The van der Waals surface area contributed by atoms with Gasteiger partial charge in [-0.3, -0.25) is 9.59 Å². The van der Waals surface area contributed by atoms with E-state index in [2.05, 4.69) is 20.8 Å². The Bertz CT molecular complexity index is 937. The van der Waals surface area contributed by atoms with Crippen molar-refractivity contribution < 1.29 is 14.0 Å². The van der Waals surface area contributed by atoms with Crippen LogP contribution in [-0.4, -0.2) is 33.1 Å². The summed E-state index contributed by atoms with van der Waals surface area (Å²) in [6.07, 6.45) is 1.59. The maximum atomic E-state index is 12.9. The summed E-state index contributed by atoms with van der Waals surface area (Å²) >= 11 is 0. The summed E-state index contributed by atoms with van der Waals surface area (Å²) in [6, 6.07) is 12.2. The third-order valence-corrected chi connectivity index (χ3v) is 3.63. The van der Waals surface area contributed by atoms with Crippen LogP contribution in [0.5, 0.6) is 0 Å². The highest BCUT2D eigenvalue weighted by Crippen LogP contribution is 2.19. The van der Waals surface area contributed by atoms with Crippen molar-refractivity contribution in [3.8, 4) is 11.4 Å². The molecule has 0 unspecified atom stereocenters. The molecule has 1 aromatic heterocycles. The molecule has 26 heavy (non-hydrogen) atoms. The molecule has 8 heteroatoms. The summed E-state index contributed by atoms with van der Waals surface area (Å²) in [5.41, 5.74) is 1.66. The van der Waals surface area contributed by atoms with E-state index in [1.807, 2.05) is 13.1 Å². The Labute approximate surface area is 148 Å². The average Bonchev–Trinajstić information content (AvgIpc) is 3.06. The molecule has 0 aliphatic rings. The van der Waals surface area contributed by atoms with Gasteiger partial charge in [0.05, 0.1) is 6.54 Å². The van der Waals surface area contributed by atoms with Crippen LogP contribution >= 0.6 is 0 Å². The van der Waals surface area contributed by atoms with E-state index in [4.69, 9.17) is 0 Å². The Morgan fingerprint density at radius 2 is 1.92 bits per heavy atom. The quantitative estimate of drug-likeness (QED) is 0.734. The van der Waals surface area contributed by atoms with Crippen LogP contribution in [0.2, 0.25) is 0 Å². The maximum Gasteiger partial charge on any atom is 0.251 e. The monoisotopic (exact) mass is 353 g/mol. The number of carbonyl (C=O) groups excluding carboxylic acids is 2. The molecule has 7 nitrogen and oxygen atoms in total. The molecule has 0 aliphatic carbocycles. The molecule has 2 N–H and O–H groups in total. The summed E-state index contributed by atoms with van der Waals surface area (Å²) in [6.45, 7) is -0.204. The van der Waals surface area contributed by atoms with Crippen molar-refractivity contribution in [2.24, 2.45) is 7.05 Å². The number of amides is 2. The molecule has 1 heterocycles. The highest BCUT2D eigenvalue weighted by atomic mass is 19.1. The van der Waals surface area contributed by atoms with Crippen molar-refractivity contribution in [3.05, 3.63) is 66.2 Å². The molecule has 0 radical (unpaired) electrons. The summed E-state index contributed by atoms with van der Waals surface area (Å²) in [4.78, 5) is 24.0. The third-order valence-electron chi connectivity index (χ3n) is 3.63. The number of aromatic nitrogens is 3. The number of anilines is 1. The van der Waals surface area contributed by atoms with Crippen LogP contribution in [0.1, 0.15) is 10.4 Å². The largest absolute Gasteiger partial charge is 0.343 e. The number of aryl methyl sites for hydroxylation is 1. The predicted octanol–water partition coefficient (Wildman–Crippen LogP) is 1.99. The van der Waals surface area contributed by atoms with Crippen LogP contribution in [-0.2, 0) is 11.8 Å². The van der Waals surface area contributed by atoms with E-state index in [0.29, 0.717) is 11.5 Å². The molecule has 0 saturated heterocycles. The first-order chi connectivity index (χ1) is 12.5. The van der Waals surface area contributed by atoms with Gasteiger partial charge in [-0.1, -0.05) is 12.1 Å². The van der Waals surface area contributed by atoms with Crippen LogP contribution in [0.15, 0.2) is 54.9 Å². The van der Waals surface area contributed by atoms with Crippen LogP contribution < -0.4 is 10.6 Å². The second kappa shape index (κ2) is 7.56. The smallest absolute Gasteiger partial charge is 0.251 e. The van der Waals surface area contributed by atoms with E-state index in [9.17, 15) is 14.0 Å². The Morgan fingerprint density at radius 1 is 1.15 bits per heavy atom. The fourth-order valence-corrected chi connectivity index (χ4v) is 2.35. The van der Waals surface area contributed by atoms with E-state index in [1.54, 1.807) is 29.1 Å². The molecule has 0 spiro atoms. The number of halogens is 1. The number of hydrogen-bond acceptors (Lipinski definition) is 4. The second-order valence-electron chi connectivity index (χ2n) is 5.58. The minimum Gasteiger partial charge on any atom is -0.343 e. The highest BCUT2D eigenvalue weighted by Gasteiger charge is 2.10. The molecule has 0 aliphatic heterocycles. The van der Waals surface area contributed by atoms with Gasteiger partial charge < -0.3 is 15.2 Å². The van der Waals surface area contributed by atoms with Gasteiger partial charge in [-0.05, 0) is 36.4 Å². The van der Waals surface area contributed by atoms with Gasteiger partial charge in [0, 0.05) is 23.9 Å². The summed E-state index contributed by atoms with van der Waals surface area (Å²) in [7, 11) is 1.82. The van der Waals surface area contributed by atoms with Crippen LogP contribution in [0, 0.1) is 5.82 Å². The maximum absolute atomic E-state index is 12.9. The number of carbonyl (C=O) groups is 2. The van der Waals surface area contributed by atoms with Gasteiger partial charge in [-0.15, -0.1) is 10.2 Å². The topological polar surface area (TPSA) is 88.9 Å². The molecular weight excluding hydrogens is 337 g/mol. The number of hydrogen-bond donors (Lipinski definition) is 2. The molecule has 3 rings (SSSR count). The molecule has 2 aromatic carbocycles. The summed E-state index contributed by atoms with van der Waals surface area (Å²) < 4.78 is 14.6. The van der Waals surface area contributed by atoms with Crippen molar-refractivity contribution in [1.29, 1.82) is 0 Å². The molecule has 0 fully saturated rings. The zero-order chi connectivity index (χ0) is 18.5. The van der Waals surface area contributed by atoms with Crippen molar-refractivity contribution in [3.63, 3.8) is 0 Å². The highest BCUT2D eigenvalue weighted by molar-refractivity contribution is 5.99. The number of nitrogens with zero attached hydrogens (tertiary/aromatic N) is 3. The molecule has 132 valence electrons. The first kappa shape index (κ1) is 17.3. The van der Waals surface area contributed by atoms with Gasteiger partial charge in [0.15, 0.2) is 5.82 Å². The van der Waals surface area contributed by atoms with E-state index in [0.717, 1.165) is 5.56 Å². The zero-order valence-corrected chi connectivity index (χ0v) is 13.9. The molecule has 0 atom stereocenters. The lowest BCUT2D eigenvalue weighted by atomic mass is 10.2. The first-order valence-electron chi connectivity index (χ1n) is 7.81. The molecular formula is C18H16FN5O2. The molecule has 3 aromatic rings. The summed E-state index contributed by atoms with van der Waals surface area (Å²) in [5, 5.41) is 13.0. The second-order valence-corrected chi connectivity index (χ2v) is 5.58.